The van der Waals surface area contributed by atoms with Crippen molar-refractivity contribution in [2.45, 2.75) is 0 Å². The van der Waals surface area contributed by atoms with E-state index in [4.69, 9.17) is 0 Å². The van der Waals surface area contributed by atoms with E-state index in [9.17, 15) is 0 Å². The highest BCUT2D eigenvalue weighted by molar-refractivity contribution is 14.1. The van der Waals surface area contributed by atoms with Crippen LogP contribution in [0.3, 0.4) is 0 Å². The van der Waals surface area contributed by atoms with E-state index < -0.39 is 0 Å². The summed E-state index contributed by atoms with van der Waals surface area (Å²) in [6.07, 6.45) is 3.21. The summed E-state index contributed by atoms with van der Waals surface area (Å²) in [5, 5.41) is 4.03. The zero-order chi connectivity index (χ0) is 8.39. The Morgan fingerprint density at radius 2 is 2.25 bits per heavy atom. The molecule has 0 spiro atoms. The van der Waals surface area contributed by atoms with Gasteiger partial charge in [-0.25, -0.2) is 9.67 Å². The van der Waals surface area contributed by atoms with Crippen molar-refractivity contribution in [3.8, 4) is 5.69 Å². The van der Waals surface area contributed by atoms with Crippen LogP contribution in [-0.4, -0.2) is 14.8 Å². The Morgan fingerprint density at radius 3 is 2.92 bits per heavy atom. The van der Waals surface area contributed by atoms with Gasteiger partial charge < -0.3 is 0 Å². The van der Waals surface area contributed by atoms with E-state index >= 15 is 0 Å². The average Bonchev–Trinajstić information content (AvgIpc) is 2.56. The second-order valence-electron chi connectivity index (χ2n) is 2.32. The van der Waals surface area contributed by atoms with Gasteiger partial charge in [0.15, 0.2) is 0 Å². The molecule has 0 fully saturated rings. The first-order chi connectivity index (χ1) is 5.86. The summed E-state index contributed by atoms with van der Waals surface area (Å²) in [5.41, 5.74) is 1.04. The molecule has 0 saturated carbocycles. The maximum atomic E-state index is 4.03. The molecule has 0 amide bonds. The van der Waals surface area contributed by atoms with Crippen molar-refractivity contribution < 1.29 is 0 Å². The molecule has 60 valence electrons. The lowest BCUT2D eigenvalue weighted by Gasteiger charge is -1.98. The van der Waals surface area contributed by atoms with E-state index in [0.717, 1.165) is 5.69 Å². The van der Waals surface area contributed by atoms with Crippen molar-refractivity contribution >= 4 is 22.6 Å². The number of hydrogen-bond donors (Lipinski definition) is 0. The van der Waals surface area contributed by atoms with E-state index in [0.29, 0.717) is 0 Å². The minimum Gasteiger partial charge on any atom is -0.223 e. The van der Waals surface area contributed by atoms with Crippen LogP contribution in [0, 0.1) is 3.57 Å². The van der Waals surface area contributed by atoms with Crippen molar-refractivity contribution in [1.82, 2.24) is 14.8 Å². The number of benzene rings is 1. The molecule has 0 saturated heterocycles. The minimum atomic E-state index is 1.04. The number of aromatic nitrogens is 3. The van der Waals surface area contributed by atoms with Gasteiger partial charge in [0.1, 0.15) is 12.7 Å². The molecule has 0 aliphatic heterocycles. The predicted molar refractivity (Wildman–Crippen MR) is 54.1 cm³/mol. The van der Waals surface area contributed by atoms with Crippen LogP contribution < -0.4 is 0 Å². The summed E-state index contributed by atoms with van der Waals surface area (Å²) < 4.78 is 2.93. The van der Waals surface area contributed by atoms with Crippen LogP contribution in [-0.2, 0) is 0 Å². The number of halogens is 1. The number of rotatable bonds is 1. The van der Waals surface area contributed by atoms with Gasteiger partial charge >= 0.3 is 0 Å². The lowest BCUT2D eigenvalue weighted by Crippen LogP contribution is -1.93. The lowest BCUT2D eigenvalue weighted by atomic mass is 10.3. The Labute approximate surface area is 83.6 Å². The monoisotopic (exact) mass is 271 g/mol. The van der Waals surface area contributed by atoms with Crippen LogP contribution in [0.15, 0.2) is 36.9 Å². The van der Waals surface area contributed by atoms with Crippen LogP contribution in [0.4, 0.5) is 0 Å². The largest absolute Gasteiger partial charge is 0.223 e. The van der Waals surface area contributed by atoms with Crippen LogP contribution in [0.1, 0.15) is 0 Å². The number of nitrogens with zero attached hydrogens (tertiary/aromatic N) is 3. The van der Waals surface area contributed by atoms with Crippen LogP contribution in [0.2, 0.25) is 0 Å². The molecule has 1 aromatic carbocycles. The molecule has 4 heteroatoms. The van der Waals surface area contributed by atoms with Gasteiger partial charge in [0.05, 0.1) is 5.69 Å². The fourth-order valence-electron chi connectivity index (χ4n) is 0.960. The Balaban J connectivity index is 2.48. The van der Waals surface area contributed by atoms with Gasteiger partial charge in [0.2, 0.25) is 0 Å². The molecular formula is C8H6IN3. The Hall–Kier alpha value is -0.910. The smallest absolute Gasteiger partial charge is 0.138 e. The molecule has 0 aliphatic rings. The third-order valence-electron chi connectivity index (χ3n) is 1.49. The van der Waals surface area contributed by atoms with Crippen molar-refractivity contribution in [1.29, 1.82) is 0 Å². The minimum absolute atomic E-state index is 1.04. The van der Waals surface area contributed by atoms with Crippen molar-refractivity contribution in [2.24, 2.45) is 0 Å². The van der Waals surface area contributed by atoms with E-state index in [1.807, 2.05) is 18.2 Å². The third-order valence-corrected chi connectivity index (χ3v) is 2.16. The van der Waals surface area contributed by atoms with E-state index in [1.54, 1.807) is 11.0 Å². The van der Waals surface area contributed by atoms with Gasteiger partial charge in [-0.1, -0.05) is 6.07 Å². The highest BCUT2D eigenvalue weighted by Crippen LogP contribution is 2.10. The molecule has 2 rings (SSSR count). The predicted octanol–water partition coefficient (Wildman–Crippen LogP) is 1.87. The summed E-state index contributed by atoms with van der Waals surface area (Å²) in [5.74, 6) is 0. The average molecular weight is 271 g/mol. The first-order valence-electron chi connectivity index (χ1n) is 3.47. The topological polar surface area (TPSA) is 30.7 Å². The van der Waals surface area contributed by atoms with Gasteiger partial charge in [0, 0.05) is 3.57 Å². The quantitative estimate of drug-likeness (QED) is 0.741. The molecule has 0 unspecified atom stereocenters. The maximum Gasteiger partial charge on any atom is 0.138 e. The Bertz CT molecular complexity index is 370. The van der Waals surface area contributed by atoms with Crippen LogP contribution in [0.25, 0.3) is 5.69 Å². The molecule has 2 aromatic rings. The SMILES string of the molecule is Ic1cccc(-n2cncn2)c1. The summed E-state index contributed by atoms with van der Waals surface area (Å²) >= 11 is 2.27. The fraction of sp³-hybridized carbons (Fsp3) is 0. The zero-order valence-corrected chi connectivity index (χ0v) is 8.34. The second kappa shape index (κ2) is 3.22. The fourth-order valence-corrected chi connectivity index (χ4v) is 1.49. The standard InChI is InChI=1S/C8H6IN3/c9-7-2-1-3-8(4-7)12-6-10-5-11-12/h1-6H. The number of hydrogen-bond acceptors (Lipinski definition) is 2. The Kier molecular flexibility index (Phi) is 2.07. The lowest BCUT2D eigenvalue weighted by molar-refractivity contribution is 0.878. The third kappa shape index (κ3) is 1.47. The van der Waals surface area contributed by atoms with Crippen LogP contribution >= 0.6 is 22.6 Å². The van der Waals surface area contributed by atoms with Crippen molar-refractivity contribution in [2.75, 3.05) is 0 Å². The highest BCUT2D eigenvalue weighted by atomic mass is 127. The molecule has 12 heavy (non-hydrogen) atoms. The van der Waals surface area contributed by atoms with Gasteiger partial charge in [-0.3, -0.25) is 0 Å². The first-order valence-corrected chi connectivity index (χ1v) is 4.55. The van der Waals surface area contributed by atoms with Gasteiger partial charge in [-0.15, -0.1) is 0 Å². The molecule has 0 radical (unpaired) electrons. The van der Waals surface area contributed by atoms with Crippen molar-refractivity contribution in [3.63, 3.8) is 0 Å². The molecular weight excluding hydrogens is 265 g/mol. The Morgan fingerprint density at radius 1 is 1.33 bits per heavy atom. The summed E-state index contributed by atoms with van der Waals surface area (Å²) in [4.78, 5) is 3.88. The second-order valence-corrected chi connectivity index (χ2v) is 3.57. The normalized spacial score (nSPS) is 10.1. The maximum absolute atomic E-state index is 4.03. The zero-order valence-electron chi connectivity index (χ0n) is 6.18. The molecule has 1 aromatic heterocycles. The summed E-state index contributed by atoms with van der Waals surface area (Å²) in [6, 6.07) is 8.09. The molecule has 3 nitrogen and oxygen atoms in total. The van der Waals surface area contributed by atoms with Crippen molar-refractivity contribution in [3.05, 3.63) is 40.5 Å². The first kappa shape index (κ1) is 7.72. The van der Waals surface area contributed by atoms with E-state index in [1.165, 1.54) is 9.90 Å². The van der Waals surface area contributed by atoms with Crippen LogP contribution in [0.5, 0.6) is 0 Å². The van der Waals surface area contributed by atoms with E-state index in [2.05, 4.69) is 38.7 Å². The van der Waals surface area contributed by atoms with Gasteiger partial charge in [-0.2, -0.15) is 5.10 Å². The summed E-state index contributed by atoms with van der Waals surface area (Å²) in [7, 11) is 0. The van der Waals surface area contributed by atoms with Gasteiger partial charge in [-0.05, 0) is 40.8 Å². The molecule has 0 aliphatic carbocycles. The molecule has 1 heterocycles. The van der Waals surface area contributed by atoms with Gasteiger partial charge in [0.25, 0.3) is 0 Å². The molecule has 0 bridgehead atoms. The van der Waals surface area contributed by atoms with E-state index in [-0.39, 0.29) is 0 Å². The molecule has 0 atom stereocenters. The summed E-state index contributed by atoms with van der Waals surface area (Å²) in [6.45, 7) is 0. The molecule has 0 N–H and O–H groups in total. The highest BCUT2D eigenvalue weighted by Gasteiger charge is 1.95.